The van der Waals surface area contributed by atoms with E-state index >= 15 is 0 Å². The number of piperidine rings is 1. The van der Waals surface area contributed by atoms with Gasteiger partial charge < -0.3 is 10.0 Å². The van der Waals surface area contributed by atoms with Gasteiger partial charge in [0.15, 0.2) is 9.84 Å². The lowest BCUT2D eigenvalue weighted by molar-refractivity contribution is 0.0546. The zero-order valence-corrected chi connectivity index (χ0v) is 12.3. The number of nitrogens with zero attached hydrogens (tertiary/aromatic N) is 1. The van der Waals surface area contributed by atoms with Gasteiger partial charge in [0.1, 0.15) is 0 Å². The number of hydrogen-bond acceptors (Lipinski definition) is 4. The molecule has 1 amide bonds. The highest BCUT2D eigenvalue weighted by molar-refractivity contribution is 7.89. The molecule has 0 spiro atoms. The highest BCUT2D eigenvalue weighted by atomic mass is 32.2. The molecule has 1 N–H and O–H groups in total. The van der Waals surface area contributed by atoms with Crippen molar-refractivity contribution >= 4 is 15.7 Å². The van der Waals surface area contributed by atoms with Crippen molar-refractivity contribution in [2.45, 2.75) is 24.7 Å². The molecule has 6 heteroatoms. The quantitative estimate of drug-likeness (QED) is 0.896. The summed E-state index contributed by atoms with van der Waals surface area (Å²) in [7, 11) is -3.06. The van der Waals surface area contributed by atoms with Crippen molar-refractivity contribution < 1.29 is 18.3 Å². The van der Waals surface area contributed by atoms with E-state index in [0.717, 1.165) is 0 Å². The summed E-state index contributed by atoms with van der Waals surface area (Å²) >= 11 is 0. The van der Waals surface area contributed by atoms with E-state index in [1.54, 1.807) is 29.2 Å². The number of hydrogen-bond donors (Lipinski definition) is 1. The Kier molecular flexibility index (Phi) is 4.45. The van der Waals surface area contributed by atoms with E-state index in [4.69, 9.17) is 0 Å². The smallest absolute Gasteiger partial charge is 0.253 e. The molecule has 0 radical (unpaired) electrons. The van der Waals surface area contributed by atoms with Crippen molar-refractivity contribution in [2.24, 2.45) is 0 Å². The molecule has 1 aromatic rings. The molecule has 5 nitrogen and oxygen atoms in total. The van der Waals surface area contributed by atoms with Crippen LogP contribution in [0, 0.1) is 0 Å². The molecular weight excluding hydrogens is 278 g/mol. The molecule has 1 aliphatic heterocycles. The standard InChI is InChI=1S/C14H19NO4S/c1-20(18,19)10-11-2-4-12(5-3-11)14(17)15-8-6-13(16)7-9-15/h2-5,13,16H,6-10H2,1H3. The van der Waals surface area contributed by atoms with Crippen LogP contribution in [-0.4, -0.2) is 49.8 Å². The summed E-state index contributed by atoms with van der Waals surface area (Å²) in [5, 5.41) is 9.43. The molecule has 1 aromatic carbocycles. The zero-order valence-electron chi connectivity index (χ0n) is 11.4. The van der Waals surface area contributed by atoms with E-state index in [0.29, 0.717) is 37.1 Å². The van der Waals surface area contributed by atoms with Gasteiger partial charge in [-0.2, -0.15) is 0 Å². The van der Waals surface area contributed by atoms with Gasteiger partial charge in [0, 0.05) is 24.9 Å². The number of aliphatic hydroxyl groups excluding tert-OH is 1. The van der Waals surface area contributed by atoms with Crippen LogP contribution < -0.4 is 0 Å². The summed E-state index contributed by atoms with van der Waals surface area (Å²) in [5.41, 5.74) is 1.23. The number of rotatable bonds is 3. The minimum atomic E-state index is -3.06. The summed E-state index contributed by atoms with van der Waals surface area (Å²) in [6.07, 6.45) is 2.09. The van der Waals surface area contributed by atoms with E-state index in [9.17, 15) is 18.3 Å². The number of likely N-dealkylation sites (tertiary alicyclic amines) is 1. The third-order valence-corrected chi connectivity index (χ3v) is 4.24. The van der Waals surface area contributed by atoms with Gasteiger partial charge in [0.2, 0.25) is 0 Å². The molecule has 0 saturated carbocycles. The minimum absolute atomic E-state index is 0.0165. The Morgan fingerprint density at radius 2 is 1.80 bits per heavy atom. The first-order valence-electron chi connectivity index (χ1n) is 6.59. The SMILES string of the molecule is CS(=O)(=O)Cc1ccc(C(=O)N2CCC(O)CC2)cc1. The number of carbonyl (C=O) groups excluding carboxylic acids is 1. The summed E-state index contributed by atoms with van der Waals surface area (Å²) in [6.45, 7) is 1.12. The Morgan fingerprint density at radius 3 is 2.30 bits per heavy atom. The molecule has 1 heterocycles. The maximum atomic E-state index is 12.2. The van der Waals surface area contributed by atoms with Gasteiger partial charge in [-0.1, -0.05) is 12.1 Å². The molecule has 0 aromatic heterocycles. The van der Waals surface area contributed by atoms with Crippen LogP contribution in [0.4, 0.5) is 0 Å². The second kappa shape index (κ2) is 5.93. The van der Waals surface area contributed by atoms with E-state index in [2.05, 4.69) is 0 Å². The van der Waals surface area contributed by atoms with Crippen LogP contribution in [-0.2, 0) is 15.6 Å². The fraction of sp³-hybridized carbons (Fsp3) is 0.500. The third-order valence-electron chi connectivity index (χ3n) is 3.38. The van der Waals surface area contributed by atoms with Crippen molar-refractivity contribution in [3.8, 4) is 0 Å². The van der Waals surface area contributed by atoms with Gasteiger partial charge in [0.05, 0.1) is 11.9 Å². The lowest BCUT2D eigenvalue weighted by Gasteiger charge is -2.29. The van der Waals surface area contributed by atoms with Crippen LogP contribution in [0.1, 0.15) is 28.8 Å². The third kappa shape index (κ3) is 4.05. The molecule has 1 aliphatic rings. The first-order valence-corrected chi connectivity index (χ1v) is 8.65. The summed E-state index contributed by atoms with van der Waals surface area (Å²) in [4.78, 5) is 13.9. The van der Waals surface area contributed by atoms with Crippen molar-refractivity contribution in [2.75, 3.05) is 19.3 Å². The molecule has 110 valence electrons. The molecule has 1 fully saturated rings. The average molecular weight is 297 g/mol. The maximum Gasteiger partial charge on any atom is 0.253 e. The van der Waals surface area contributed by atoms with Crippen LogP contribution >= 0.6 is 0 Å². The Labute approximate surface area is 119 Å². The number of carbonyl (C=O) groups is 1. The van der Waals surface area contributed by atoms with E-state index < -0.39 is 9.84 Å². The molecule has 2 rings (SSSR count). The fourth-order valence-electron chi connectivity index (χ4n) is 2.30. The monoisotopic (exact) mass is 297 g/mol. The first-order chi connectivity index (χ1) is 9.35. The van der Waals surface area contributed by atoms with E-state index in [-0.39, 0.29) is 17.8 Å². The van der Waals surface area contributed by atoms with E-state index in [1.165, 1.54) is 6.26 Å². The minimum Gasteiger partial charge on any atom is -0.393 e. The number of aliphatic hydroxyl groups is 1. The van der Waals surface area contributed by atoms with Crippen LogP contribution in [0.2, 0.25) is 0 Å². The van der Waals surface area contributed by atoms with Gasteiger partial charge in [-0.05, 0) is 30.5 Å². The predicted molar refractivity (Wildman–Crippen MR) is 76.1 cm³/mol. The van der Waals surface area contributed by atoms with Crippen LogP contribution in [0.3, 0.4) is 0 Å². The van der Waals surface area contributed by atoms with Gasteiger partial charge in [-0.15, -0.1) is 0 Å². The maximum absolute atomic E-state index is 12.2. The van der Waals surface area contributed by atoms with Gasteiger partial charge in [-0.3, -0.25) is 4.79 Å². The summed E-state index contributed by atoms with van der Waals surface area (Å²) in [6, 6.07) is 6.67. The molecule has 1 saturated heterocycles. The normalized spacial score (nSPS) is 17.2. The van der Waals surface area contributed by atoms with Crippen molar-refractivity contribution in [1.29, 1.82) is 0 Å². The number of sulfone groups is 1. The van der Waals surface area contributed by atoms with Crippen LogP contribution in [0.25, 0.3) is 0 Å². The Bertz CT molecular complexity index is 572. The number of amides is 1. The lowest BCUT2D eigenvalue weighted by atomic mass is 10.1. The van der Waals surface area contributed by atoms with Crippen LogP contribution in [0.15, 0.2) is 24.3 Å². The number of benzene rings is 1. The highest BCUT2D eigenvalue weighted by Crippen LogP contribution is 2.15. The van der Waals surface area contributed by atoms with Crippen molar-refractivity contribution in [1.82, 2.24) is 4.90 Å². The Hall–Kier alpha value is -1.40. The highest BCUT2D eigenvalue weighted by Gasteiger charge is 2.22. The first kappa shape index (κ1) is 15.0. The Morgan fingerprint density at radius 1 is 1.25 bits per heavy atom. The fourth-order valence-corrected chi connectivity index (χ4v) is 3.10. The van der Waals surface area contributed by atoms with E-state index in [1.807, 2.05) is 0 Å². The average Bonchev–Trinajstić information content (AvgIpc) is 2.38. The molecular formula is C14H19NO4S. The van der Waals surface area contributed by atoms with Gasteiger partial charge >= 0.3 is 0 Å². The zero-order chi connectivity index (χ0) is 14.8. The summed E-state index contributed by atoms with van der Waals surface area (Å²) < 4.78 is 22.4. The topological polar surface area (TPSA) is 74.7 Å². The van der Waals surface area contributed by atoms with Crippen molar-refractivity contribution in [3.05, 3.63) is 35.4 Å². The molecule has 0 unspecified atom stereocenters. The molecule has 0 atom stereocenters. The molecule has 0 bridgehead atoms. The molecule has 20 heavy (non-hydrogen) atoms. The second-order valence-electron chi connectivity index (χ2n) is 5.29. The Balaban J connectivity index is 2.04. The van der Waals surface area contributed by atoms with Gasteiger partial charge in [-0.25, -0.2) is 8.42 Å². The lowest BCUT2D eigenvalue weighted by Crippen LogP contribution is -2.40. The van der Waals surface area contributed by atoms with Crippen LogP contribution in [0.5, 0.6) is 0 Å². The predicted octanol–water partition coefficient (Wildman–Crippen LogP) is 0.828. The largest absolute Gasteiger partial charge is 0.393 e. The van der Waals surface area contributed by atoms with Crippen molar-refractivity contribution in [3.63, 3.8) is 0 Å². The summed E-state index contributed by atoms with van der Waals surface area (Å²) in [5.74, 6) is -0.0833. The van der Waals surface area contributed by atoms with Gasteiger partial charge in [0.25, 0.3) is 5.91 Å². The molecule has 0 aliphatic carbocycles. The second-order valence-corrected chi connectivity index (χ2v) is 7.43.